The van der Waals surface area contributed by atoms with E-state index in [1.165, 1.54) is 0 Å². The molecule has 0 heterocycles. The monoisotopic (exact) mass is 213 g/mol. The zero-order chi connectivity index (χ0) is 11.4. The molecule has 0 spiro atoms. The van der Waals surface area contributed by atoms with Crippen molar-refractivity contribution in [2.45, 2.75) is 6.92 Å². The Kier molecular flexibility index (Phi) is 3.10. The van der Waals surface area contributed by atoms with Crippen LogP contribution in [0.2, 0.25) is 0 Å². The fraction of sp³-hybridized carbons (Fsp3) is 0.143. The summed E-state index contributed by atoms with van der Waals surface area (Å²) in [6, 6.07) is 15.9. The summed E-state index contributed by atoms with van der Waals surface area (Å²) in [5, 5.41) is 0. The molecule has 0 aromatic heterocycles. The van der Waals surface area contributed by atoms with E-state index < -0.39 is 0 Å². The highest BCUT2D eigenvalue weighted by atomic mass is 16.5. The Hall–Kier alpha value is -1.96. The maximum atomic E-state index is 6.08. The van der Waals surface area contributed by atoms with Gasteiger partial charge in [-0.1, -0.05) is 42.5 Å². The van der Waals surface area contributed by atoms with Gasteiger partial charge < -0.3 is 10.5 Å². The third kappa shape index (κ3) is 2.01. The summed E-state index contributed by atoms with van der Waals surface area (Å²) < 4.78 is 5.47. The Bertz CT molecular complexity index is 465. The molecule has 2 aromatic carbocycles. The topological polar surface area (TPSA) is 35.2 Å². The van der Waals surface area contributed by atoms with Crippen molar-refractivity contribution >= 4 is 5.69 Å². The summed E-state index contributed by atoms with van der Waals surface area (Å²) in [6.45, 7) is 2.58. The van der Waals surface area contributed by atoms with Gasteiger partial charge in [-0.15, -0.1) is 0 Å². The molecule has 2 heteroatoms. The molecule has 16 heavy (non-hydrogen) atoms. The minimum Gasteiger partial charge on any atom is -0.492 e. The number of rotatable bonds is 3. The van der Waals surface area contributed by atoms with Crippen LogP contribution in [-0.4, -0.2) is 6.61 Å². The first kappa shape index (κ1) is 10.6. The third-order valence-electron chi connectivity index (χ3n) is 2.45. The Balaban J connectivity index is 2.46. The zero-order valence-corrected chi connectivity index (χ0v) is 9.31. The molecule has 0 atom stereocenters. The van der Waals surface area contributed by atoms with Crippen LogP contribution in [0.25, 0.3) is 11.1 Å². The Morgan fingerprint density at radius 3 is 2.44 bits per heavy atom. The van der Waals surface area contributed by atoms with E-state index in [0.717, 1.165) is 16.9 Å². The second-order valence-electron chi connectivity index (χ2n) is 3.52. The number of nitrogen functional groups attached to an aromatic ring is 1. The molecule has 0 radical (unpaired) electrons. The Labute approximate surface area is 95.7 Å². The lowest BCUT2D eigenvalue weighted by molar-refractivity contribution is 0.342. The smallest absolute Gasteiger partial charge is 0.142 e. The number of ether oxygens (including phenoxy) is 1. The third-order valence-corrected chi connectivity index (χ3v) is 2.45. The van der Waals surface area contributed by atoms with Crippen molar-refractivity contribution in [1.29, 1.82) is 0 Å². The van der Waals surface area contributed by atoms with E-state index >= 15 is 0 Å². The zero-order valence-electron chi connectivity index (χ0n) is 9.31. The molecule has 0 amide bonds. The predicted octanol–water partition coefficient (Wildman–Crippen LogP) is 3.33. The van der Waals surface area contributed by atoms with E-state index in [1.807, 2.05) is 55.5 Å². The van der Waals surface area contributed by atoms with Crippen LogP contribution < -0.4 is 10.5 Å². The molecule has 2 N–H and O–H groups in total. The summed E-state index contributed by atoms with van der Waals surface area (Å²) >= 11 is 0. The van der Waals surface area contributed by atoms with Crippen LogP contribution in [0.5, 0.6) is 5.75 Å². The van der Waals surface area contributed by atoms with Gasteiger partial charge in [0.05, 0.1) is 12.3 Å². The summed E-state index contributed by atoms with van der Waals surface area (Å²) in [4.78, 5) is 0. The van der Waals surface area contributed by atoms with Gasteiger partial charge in [0.25, 0.3) is 0 Å². The molecule has 2 aromatic rings. The minimum atomic E-state index is 0.627. The number of hydrogen-bond donors (Lipinski definition) is 1. The Morgan fingerprint density at radius 2 is 1.75 bits per heavy atom. The first-order valence-corrected chi connectivity index (χ1v) is 5.39. The molecule has 0 fully saturated rings. The molecule has 0 aliphatic heterocycles. The maximum Gasteiger partial charge on any atom is 0.142 e. The van der Waals surface area contributed by atoms with Gasteiger partial charge in [-0.25, -0.2) is 0 Å². The molecule has 0 unspecified atom stereocenters. The minimum absolute atomic E-state index is 0.627. The largest absolute Gasteiger partial charge is 0.492 e. The van der Waals surface area contributed by atoms with E-state index in [9.17, 15) is 0 Å². The normalized spacial score (nSPS) is 10.1. The molecule has 0 saturated carbocycles. The fourth-order valence-corrected chi connectivity index (χ4v) is 1.69. The average molecular weight is 213 g/mol. The number of hydrogen-bond acceptors (Lipinski definition) is 2. The van der Waals surface area contributed by atoms with Gasteiger partial charge in [-0.05, 0) is 18.6 Å². The second-order valence-corrected chi connectivity index (χ2v) is 3.52. The van der Waals surface area contributed by atoms with Crippen molar-refractivity contribution in [1.82, 2.24) is 0 Å². The van der Waals surface area contributed by atoms with Crippen molar-refractivity contribution in [3.8, 4) is 16.9 Å². The molecular weight excluding hydrogens is 198 g/mol. The number of anilines is 1. The van der Waals surface area contributed by atoms with Crippen LogP contribution in [0.3, 0.4) is 0 Å². The SMILES string of the molecule is CCOc1cccc(-c2ccccc2)c1N. The summed E-state index contributed by atoms with van der Waals surface area (Å²) in [6.07, 6.45) is 0. The van der Waals surface area contributed by atoms with E-state index in [2.05, 4.69) is 0 Å². The first-order valence-electron chi connectivity index (χ1n) is 5.39. The van der Waals surface area contributed by atoms with Crippen molar-refractivity contribution in [3.63, 3.8) is 0 Å². The maximum absolute atomic E-state index is 6.08. The molecule has 82 valence electrons. The van der Waals surface area contributed by atoms with Gasteiger partial charge in [0.2, 0.25) is 0 Å². The number of para-hydroxylation sites is 1. The standard InChI is InChI=1S/C14H15NO/c1-2-16-13-10-6-9-12(14(13)15)11-7-4-3-5-8-11/h3-10H,2,15H2,1H3. The number of nitrogens with two attached hydrogens (primary N) is 1. The Morgan fingerprint density at radius 1 is 1.00 bits per heavy atom. The van der Waals surface area contributed by atoms with Gasteiger partial charge in [-0.2, -0.15) is 0 Å². The van der Waals surface area contributed by atoms with Crippen LogP contribution in [0.1, 0.15) is 6.92 Å². The summed E-state index contributed by atoms with van der Waals surface area (Å²) in [7, 11) is 0. The van der Waals surface area contributed by atoms with Crippen LogP contribution in [0.15, 0.2) is 48.5 Å². The van der Waals surface area contributed by atoms with E-state index in [1.54, 1.807) is 0 Å². The summed E-state index contributed by atoms with van der Waals surface area (Å²) in [5.41, 5.74) is 8.91. The van der Waals surface area contributed by atoms with Crippen molar-refractivity contribution < 1.29 is 4.74 Å². The van der Waals surface area contributed by atoms with Crippen molar-refractivity contribution in [2.24, 2.45) is 0 Å². The van der Waals surface area contributed by atoms with Gasteiger partial charge in [0.1, 0.15) is 5.75 Å². The lowest BCUT2D eigenvalue weighted by Gasteiger charge is -2.11. The molecule has 0 aliphatic carbocycles. The van der Waals surface area contributed by atoms with Gasteiger partial charge >= 0.3 is 0 Å². The molecule has 2 rings (SSSR count). The molecular formula is C14H15NO. The molecule has 0 aliphatic rings. The van der Waals surface area contributed by atoms with Crippen LogP contribution in [0, 0.1) is 0 Å². The lowest BCUT2D eigenvalue weighted by Crippen LogP contribution is -1.98. The van der Waals surface area contributed by atoms with Gasteiger partial charge in [0, 0.05) is 5.56 Å². The van der Waals surface area contributed by atoms with Crippen molar-refractivity contribution in [3.05, 3.63) is 48.5 Å². The van der Waals surface area contributed by atoms with E-state index in [-0.39, 0.29) is 0 Å². The molecule has 2 nitrogen and oxygen atoms in total. The van der Waals surface area contributed by atoms with Gasteiger partial charge in [0.15, 0.2) is 0 Å². The predicted molar refractivity (Wildman–Crippen MR) is 67.5 cm³/mol. The summed E-state index contributed by atoms with van der Waals surface area (Å²) in [5.74, 6) is 0.754. The van der Waals surface area contributed by atoms with Gasteiger partial charge in [-0.3, -0.25) is 0 Å². The van der Waals surface area contributed by atoms with Crippen LogP contribution in [0.4, 0.5) is 5.69 Å². The highest BCUT2D eigenvalue weighted by molar-refractivity contribution is 5.80. The quantitative estimate of drug-likeness (QED) is 0.794. The average Bonchev–Trinajstić information content (AvgIpc) is 2.33. The fourth-order valence-electron chi connectivity index (χ4n) is 1.69. The van der Waals surface area contributed by atoms with E-state index in [0.29, 0.717) is 12.3 Å². The highest BCUT2D eigenvalue weighted by Gasteiger charge is 2.06. The number of benzene rings is 2. The second kappa shape index (κ2) is 4.71. The highest BCUT2D eigenvalue weighted by Crippen LogP contribution is 2.32. The van der Waals surface area contributed by atoms with E-state index in [4.69, 9.17) is 10.5 Å². The molecule has 0 saturated heterocycles. The molecule has 0 bridgehead atoms. The van der Waals surface area contributed by atoms with Crippen molar-refractivity contribution in [2.75, 3.05) is 12.3 Å². The van der Waals surface area contributed by atoms with Crippen LogP contribution >= 0.6 is 0 Å². The first-order chi connectivity index (χ1) is 7.83. The van der Waals surface area contributed by atoms with Crippen LogP contribution in [-0.2, 0) is 0 Å². The lowest BCUT2D eigenvalue weighted by atomic mass is 10.0.